The molecular weight excluding hydrogens is 518 g/mol. The Bertz CT molecular complexity index is 1260. The topological polar surface area (TPSA) is 79.2 Å². The third-order valence-corrected chi connectivity index (χ3v) is 7.85. The molecule has 2 heterocycles. The molecule has 1 aliphatic heterocycles. The van der Waals surface area contributed by atoms with Crippen molar-refractivity contribution in [1.82, 2.24) is 4.98 Å². The first-order valence-corrected chi connectivity index (χ1v) is 13.9. The molecule has 1 aliphatic carbocycles. The maximum atomic E-state index is 10.8. The predicted octanol–water partition coefficient (Wildman–Crippen LogP) is 7.50. The summed E-state index contributed by atoms with van der Waals surface area (Å²) in [5.74, 6) is 1.58. The number of oxime groups is 1. The van der Waals surface area contributed by atoms with Gasteiger partial charge >= 0.3 is 0 Å². The maximum Gasteiger partial charge on any atom is 0.199 e. The van der Waals surface area contributed by atoms with Gasteiger partial charge in [-0.05, 0) is 55.4 Å². The molecule has 0 saturated heterocycles. The number of benzene rings is 2. The van der Waals surface area contributed by atoms with Crippen LogP contribution in [0.2, 0.25) is 0 Å². The molecule has 2 aliphatic rings. The Morgan fingerprint density at radius 1 is 1.03 bits per heavy atom. The van der Waals surface area contributed by atoms with Crippen LogP contribution in [0.1, 0.15) is 63.0 Å². The molecule has 0 amide bonds. The average Bonchev–Trinajstić information content (AvgIpc) is 3.41. The number of hydrogen-bond donors (Lipinski definition) is 2. The highest BCUT2D eigenvalue weighted by molar-refractivity contribution is 9.10. The highest BCUT2D eigenvalue weighted by Crippen LogP contribution is 2.37. The minimum atomic E-state index is 0.0826. The molecule has 0 bridgehead atoms. The van der Waals surface area contributed by atoms with Crippen molar-refractivity contribution < 1.29 is 14.7 Å². The van der Waals surface area contributed by atoms with Crippen LogP contribution in [0.15, 0.2) is 57.1 Å². The number of rotatable bonds is 10. The van der Waals surface area contributed by atoms with E-state index >= 15 is 0 Å². The van der Waals surface area contributed by atoms with Crippen LogP contribution in [-0.2, 0) is 9.57 Å². The minimum absolute atomic E-state index is 0.0826. The fourth-order valence-corrected chi connectivity index (χ4v) is 5.72. The van der Waals surface area contributed by atoms with Crippen LogP contribution in [0.3, 0.4) is 0 Å². The van der Waals surface area contributed by atoms with Gasteiger partial charge in [0, 0.05) is 34.2 Å². The Morgan fingerprint density at radius 2 is 1.78 bits per heavy atom. The smallest absolute Gasteiger partial charge is 0.199 e. The van der Waals surface area contributed by atoms with Gasteiger partial charge in [-0.2, -0.15) is 0 Å². The lowest BCUT2D eigenvalue weighted by atomic mass is 9.79. The van der Waals surface area contributed by atoms with Crippen molar-refractivity contribution >= 4 is 43.9 Å². The summed E-state index contributed by atoms with van der Waals surface area (Å²) < 4.78 is 6.61. The predicted molar refractivity (Wildman–Crippen MR) is 149 cm³/mol. The molecule has 0 spiro atoms. The third kappa shape index (κ3) is 5.52. The Balaban J connectivity index is 1.24. The molecule has 3 aromatic rings. The number of aromatic amines is 1. The van der Waals surface area contributed by atoms with Gasteiger partial charge in [0.05, 0.1) is 11.3 Å². The summed E-state index contributed by atoms with van der Waals surface area (Å²) in [6.07, 6.45) is 8.38. The van der Waals surface area contributed by atoms with Crippen molar-refractivity contribution in [2.24, 2.45) is 22.0 Å². The fourth-order valence-electron chi connectivity index (χ4n) is 5.36. The lowest BCUT2D eigenvalue weighted by Gasteiger charge is -2.28. The van der Waals surface area contributed by atoms with Crippen LogP contribution in [0.4, 0.5) is 5.69 Å². The standard InChI is InChI=1S/C29H34BrN3O3/c1-2-15-35-16-13-19-7-9-20(10-8-19)14-17-36-33-27-22-5-3-4-6-24(22)31-28(27)26-23-18-21(30)11-12-25(23)32-29(26)34/h3-6,11-12,18-20,32,34H,2,7-10,13-17H2,1H3/b33-27+. The number of para-hydroxylation sites is 1. The van der Waals surface area contributed by atoms with Gasteiger partial charge in [0.2, 0.25) is 0 Å². The SMILES string of the molecule is CCCOCCC1CCC(CCO/N=C2/C(c3c(O)[nH]c4ccc(Br)cc34)=Nc3ccccc32)CC1. The largest absolute Gasteiger partial charge is 0.494 e. The monoisotopic (exact) mass is 551 g/mol. The second-order valence-corrected chi connectivity index (χ2v) is 10.8. The van der Waals surface area contributed by atoms with Crippen molar-refractivity contribution in [1.29, 1.82) is 0 Å². The van der Waals surface area contributed by atoms with Crippen LogP contribution in [0.25, 0.3) is 10.9 Å². The van der Waals surface area contributed by atoms with E-state index in [0.29, 0.717) is 29.5 Å². The summed E-state index contributed by atoms with van der Waals surface area (Å²) in [7, 11) is 0. The van der Waals surface area contributed by atoms with Crippen molar-refractivity contribution in [3.05, 3.63) is 58.1 Å². The Hall–Kier alpha value is -2.64. The molecule has 5 rings (SSSR count). The quantitative estimate of drug-likeness (QED) is 0.202. The fraction of sp³-hybridized carbons (Fsp3) is 0.448. The Labute approximate surface area is 220 Å². The zero-order valence-electron chi connectivity index (χ0n) is 20.8. The molecular formula is C29H34BrN3O3. The van der Waals surface area contributed by atoms with Gasteiger partial charge in [-0.1, -0.05) is 71.9 Å². The van der Waals surface area contributed by atoms with Crippen molar-refractivity contribution in [2.75, 3.05) is 19.8 Å². The lowest BCUT2D eigenvalue weighted by Crippen LogP contribution is -2.18. The Morgan fingerprint density at radius 3 is 2.56 bits per heavy atom. The summed E-state index contributed by atoms with van der Waals surface area (Å²) in [4.78, 5) is 13.8. The first-order valence-electron chi connectivity index (χ1n) is 13.1. The molecule has 0 unspecified atom stereocenters. The van der Waals surface area contributed by atoms with Gasteiger partial charge in [-0.25, -0.2) is 4.99 Å². The summed E-state index contributed by atoms with van der Waals surface area (Å²) in [6.45, 7) is 4.52. The third-order valence-electron chi connectivity index (χ3n) is 7.35. The van der Waals surface area contributed by atoms with E-state index < -0.39 is 0 Å². The number of fused-ring (bicyclic) bond motifs is 2. The zero-order valence-corrected chi connectivity index (χ0v) is 22.4. The number of nitrogens with one attached hydrogen (secondary N) is 1. The number of halogens is 1. The van der Waals surface area contributed by atoms with E-state index in [-0.39, 0.29) is 5.88 Å². The molecule has 2 N–H and O–H groups in total. The zero-order chi connectivity index (χ0) is 24.9. The number of aliphatic imine (C=N–C) groups is 1. The number of aromatic hydroxyl groups is 1. The molecule has 190 valence electrons. The van der Waals surface area contributed by atoms with Gasteiger partial charge < -0.3 is 19.7 Å². The number of hydrogen-bond acceptors (Lipinski definition) is 5. The van der Waals surface area contributed by atoms with E-state index in [1.165, 1.54) is 32.1 Å². The van der Waals surface area contributed by atoms with E-state index in [0.717, 1.165) is 58.6 Å². The van der Waals surface area contributed by atoms with Crippen molar-refractivity contribution in [3.8, 4) is 5.88 Å². The van der Waals surface area contributed by atoms with Gasteiger partial charge in [-0.15, -0.1) is 0 Å². The average molecular weight is 553 g/mol. The molecule has 6 nitrogen and oxygen atoms in total. The van der Waals surface area contributed by atoms with Crippen LogP contribution >= 0.6 is 15.9 Å². The number of ether oxygens (including phenoxy) is 1. The van der Waals surface area contributed by atoms with Crippen LogP contribution < -0.4 is 0 Å². The minimum Gasteiger partial charge on any atom is -0.494 e. The maximum absolute atomic E-state index is 10.8. The summed E-state index contributed by atoms with van der Waals surface area (Å²) >= 11 is 3.54. The second kappa shape index (κ2) is 11.6. The first kappa shape index (κ1) is 25.0. The molecule has 7 heteroatoms. The summed E-state index contributed by atoms with van der Waals surface area (Å²) in [5.41, 5.74) is 4.53. The number of aromatic nitrogens is 1. The highest BCUT2D eigenvalue weighted by atomic mass is 79.9. The summed E-state index contributed by atoms with van der Waals surface area (Å²) in [5, 5.41) is 16.2. The van der Waals surface area contributed by atoms with Gasteiger partial charge in [0.1, 0.15) is 18.0 Å². The summed E-state index contributed by atoms with van der Waals surface area (Å²) in [6, 6.07) is 13.8. The second-order valence-electron chi connectivity index (χ2n) is 9.87. The molecule has 2 aromatic carbocycles. The van der Waals surface area contributed by atoms with Crippen LogP contribution in [0, 0.1) is 11.8 Å². The molecule has 1 fully saturated rings. The molecule has 0 radical (unpaired) electrons. The molecule has 0 atom stereocenters. The molecule has 36 heavy (non-hydrogen) atoms. The number of nitrogens with zero attached hydrogens (tertiary/aromatic N) is 2. The number of H-pyrrole nitrogens is 1. The van der Waals surface area contributed by atoms with Crippen LogP contribution in [0.5, 0.6) is 5.88 Å². The van der Waals surface area contributed by atoms with Crippen molar-refractivity contribution in [3.63, 3.8) is 0 Å². The lowest BCUT2D eigenvalue weighted by molar-refractivity contribution is 0.0984. The van der Waals surface area contributed by atoms with Gasteiger partial charge in [0.25, 0.3) is 0 Å². The van der Waals surface area contributed by atoms with Gasteiger partial charge in [-0.3, -0.25) is 0 Å². The van der Waals surface area contributed by atoms with E-state index in [1.807, 2.05) is 42.5 Å². The first-order chi connectivity index (χ1) is 17.6. The van der Waals surface area contributed by atoms with Gasteiger partial charge in [0.15, 0.2) is 5.88 Å². The molecule has 1 saturated carbocycles. The van der Waals surface area contributed by atoms with E-state index in [4.69, 9.17) is 14.6 Å². The Kier molecular flexibility index (Phi) is 8.07. The van der Waals surface area contributed by atoms with E-state index in [9.17, 15) is 5.11 Å². The van der Waals surface area contributed by atoms with E-state index in [1.54, 1.807) is 0 Å². The van der Waals surface area contributed by atoms with Crippen LogP contribution in [-0.4, -0.2) is 41.3 Å². The molecule has 1 aromatic heterocycles. The van der Waals surface area contributed by atoms with E-state index in [2.05, 4.69) is 33.0 Å². The normalized spacial score (nSPS) is 20.6. The van der Waals surface area contributed by atoms with Crippen molar-refractivity contribution in [2.45, 2.75) is 51.9 Å². The highest BCUT2D eigenvalue weighted by Gasteiger charge is 2.29.